The molecule has 2 aliphatic heterocycles. The minimum Gasteiger partial charge on any atom is -0.478 e. The van der Waals surface area contributed by atoms with Gasteiger partial charge in [0.05, 0.1) is 17.8 Å². The number of aliphatic hydroxyl groups excluding tert-OH is 2. The molecule has 8 heteroatoms. The van der Waals surface area contributed by atoms with E-state index >= 15 is 0 Å². The molecular weight excluding hydrogens is 416 g/mol. The van der Waals surface area contributed by atoms with E-state index in [0.717, 1.165) is 0 Å². The van der Waals surface area contributed by atoms with Crippen molar-refractivity contribution in [3.63, 3.8) is 0 Å². The molecule has 5 atom stereocenters. The Labute approximate surface area is 188 Å². The van der Waals surface area contributed by atoms with Crippen molar-refractivity contribution in [2.24, 2.45) is 5.92 Å². The highest BCUT2D eigenvalue weighted by Gasteiger charge is 2.43. The number of aryl methyl sites for hydroxylation is 1. The number of carboxylic acid groups (broad SMARTS) is 1. The highest BCUT2D eigenvalue weighted by atomic mass is 16.8. The maximum atomic E-state index is 11.8. The highest BCUT2D eigenvalue weighted by Crippen LogP contribution is 2.40. The molecule has 0 saturated carbocycles. The van der Waals surface area contributed by atoms with Crippen molar-refractivity contribution in [1.82, 2.24) is 0 Å². The number of benzene rings is 1. The van der Waals surface area contributed by atoms with Crippen LogP contribution in [0.15, 0.2) is 24.3 Å². The van der Waals surface area contributed by atoms with E-state index in [1.54, 1.807) is 58.1 Å². The maximum Gasteiger partial charge on any atom is 0.336 e. The second kappa shape index (κ2) is 9.62. The van der Waals surface area contributed by atoms with Gasteiger partial charge in [0.15, 0.2) is 17.3 Å². The Morgan fingerprint density at radius 1 is 1.22 bits per heavy atom. The summed E-state index contributed by atoms with van der Waals surface area (Å²) in [6.45, 7) is 8.86. The van der Waals surface area contributed by atoms with Crippen molar-refractivity contribution in [2.45, 2.75) is 71.2 Å². The highest BCUT2D eigenvalue weighted by molar-refractivity contribution is 5.96. The smallest absolute Gasteiger partial charge is 0.336 e. The molecule has 8 nitrogen and oxygen atoms in total. The van der Waals surface area contributed by atoms with E-state index in [4.69, 9.17) is 18.9 Å². The van der Waals surface area contributed by atoms with Crippen LogP contribution in [-0.4, -0.2) is 58.3 Å². The lowest BCUT2D eigenvalue weighted by atomic mass is 9.98. The Kier molecular flexibility index (Phi) is 7.29. The summed E-state index contributed by atoms with van der Waals surface area (Å²) >= 11 is 0. The number of rotatable bonds is 8. The molecule has 0 aliphatic carbocycles. The van der Waals surface area contributed by atoms with Crippen molar-refractivity contribution in [3.05, 3.63) is 41.0 Å². The molecule has 1 fully saturated rings. The second-order valence-corrected chi connectivity index (χ2v) is 8.77. The Balaban J connectivity index is 1.80. The molecule has 0 aromatic heterocycles. The van der Waals surface area contributed by atoms with Crippen molar-refractivity contribution in [3.8, 4) is 11.5 Å². The van der Waals surface area contributed by atoms with Crippen LogP contribution in [0.3, 0.4) is 0 Å². The van der Waals surface area contributed by atoms with E-state index in [1.807, 2.05) is 6.92 Å². The Morgan fingerprint density at radius 3 is 2.59 bits per heavy atom. The first-order valence-electron chi connectivity index (χ1n) is 10.7. The zero-order valence-corrected chi connectivity index (χ0v) is 19.1. The lowest BCUT2D eigenvalue weighted by molar-refractivity contribution is -0.152. The largest absolute Gasteiger partial charge is 0.478 e. The van der Waals surface area contributed by atoms with Crippen LogP contribution in [0, 0.1) is 12.8 Å². The number of carbonyl (C=O) groups is 1. The van der Waals surface area contributed by atoms with Gasteiger partial charge in [-0.2, -0.15) is 0 Å². The van der Waals surface area contributed by atoms with E-state index in [1.165, 1.54) is 0 Å². The van der Waals surface area contributed by atoms with Crippen LogP contribution in [0.2, 0.25) is 0 Å². The average molecular weight is 449 g/mol. The van der Waals surface area contributed by atoms with Crippen LogP contribution in [-0.2, 0) is 9.47 Å². The molecule has 1 unspecified atom stereocenters. The van der Waals surface area contributed by atoms with Gasteiger partial charge in [-0.1, -0.05) is 31.2 Å². The van der Waals surface area contributed by atoms with Crippen molar-refractivity contribution >= 4 is 12.0 Å². The van der Waals surface area contributed by atoms with Gasteiger partial charge in [-0.25, -0.2) is 4.79 Å². The Hall–Kier alpha value is -2.39. The van der Waals surface area contributed by atoms with Crippen LogP contribution in [0.5, 0.6) is 11.5 Å². The van der Waals surface area contributed by atoms with E-state index < -0.39 is 36.2 Å². The fraction of sp³-hybridized carbons (Fsp3) is 0.542. The van der Waals surface area contributed by atoms with Gasteiger partial charge in [-0.15, -0.1) is 0 Å². The van der Waals surface area contributed by atoms with Gasteiger partial charge in [-0.05, 0) is 51.7 Å². The standard InChI is InChI=1S/C24H32O8/c1-13(15(3)25)9-10-17(26)22-18(31-24(4,5)32-22)8-6-7-16-20(23(27)28)14(2)11-19-21(16)30-12-29-19/h6-7,9-11,13,15,17-18,22,25-26H,8,12H2,1-5H3,(H,27,28)/b7-6+,10-9-/t13-,15-,17?,18+,22+/m0/s1. The van der Waals surface area contributed by atoms with Gasteiger partial charge < -0.3 is 34.3 Å². The monoisotopic (exact) mass is 448 g/mol. The fourth-order valence-corrected chi connectivity index (χ4v) is 3.86. The van der Waals surface area contributed by atoms with Crippen molar-refractivity contribution in [2.75, 3.05) is 6.79 Å². The number of fused-ring (bicyclic) bond motifs is 1. The third-order valence-corrected chi connectivity index (χ3v) is 5.70. The molecule has 1 aromatic carbocycles. The third-order valence-electron chi connectivity index (χ3n) is 5.70. The molecular formula is C24H32O8. The van der Waals surface area contributed by atoms with Crippen molar-refractivity contribution in [1.29, 1.82) is 0 Å². The quantitative estimate of drug-likeness (QED) is 0.519. The van der Waals surface area contributed by atoms with E-state index in [9.17, 15) is 20.1 Å². The van der Waals surface area contributed by atoms with Gasteiger partial charge >= 0.3 is 5.97 Å². The molecule has 0 spiro atoms. The number of hydrogen-bond donors (Lipinski definition) is 3. The van der Waals surface area contributed by atoms with E-state index in [2.05, 4.69) is 0 Å². The zero-order chi connectivity index (χ0) is 23.6. The molecule has 2 aliphatic rings. The first-order valence-corrected chi connectivity index (χ1v) is 10.7. The van der Waals surface area contributed by atoms with Gasteiger partial charge in [0.25, 0.3) is 0 Å². The summed E-state index contributed by atoms with van der Waals surface area (Å²) < 4.78 is 22.8. The maximum absolute atomic E-state index is 11.8. The lowest BCUT2D eigenvalue weighted by Crippen LogP contribution is -2.34. The number of hydrogen-bond acceptors (Lipinski definition) is 7. The first kappa shape index (κ1) is 24.3. The van der Waals surface area contributed by atoms with E-state index in [0.29, 0.717) is 29.0 Å². The van der Waals surface area contributed by atoms with Crippen molar-refractivity contribution < 1.29 is 39.1 Å². The molecule has 0 amide bonds. The van der Waals surface area contributed by atoms with Crippen LogP contribution in [0.4, 0.5) is 0 Å². The van der Waals surface area contributed by atoms with Crippen LogP contribution < -0.4 is 9.47 Å². The molecule has 0 bridgehead atoms. The predicted molar refractivity (Wildman–Crippen MR) is 118 cm³/mol. The number of aliphatic hydroxyl groups is 2. The molecule has 1 aromatic rings. The normalized spacial score (nSPS) is 24.8. The zero-order valence-electron chi connectivity index (χ0n) is 19.1. The van der Waals surface area contributed by atoms with E-state index in [-0.39, 0.29) is 18.3 Å². The minimum atomic E-state index is -1.05. The molecule has 3 rings (SSSR count). The lowest BCUT2D eigenvalue weighted by Gasteiger charge is -2.20. The van der Waals surface area contributed by atoms with Gasteiger partial charge in [-0.3, -0.25) is 0 Å². The number of ether oxygens (including phenoxy) is 4. The summed E-state index contributed by atoms with van der Waals surface area (Å²) in [5.41, 5.74) is 1.17. The Bertz CT molecular complexity index is 902. The summed E-state index contributed by atoms with van der Waals surface area (Å²) in [7, 11) is 0. The summed E-state index contributed by atoms with van der Waals surface area (Å²) in [4.78, 5) is 11.8. The number of aromatic carboxylic acids is 1. The summed E-state index contributed by atoms with van der Waals surface area (Å²) in [5.74, 6) is -1.12. The fourth-order valence-electron chi connectivity index (χ4n) is 3.86. The molecule has 176 valence electrons. The summed E-state index contributed by atoms with van der Waals surface area (Å²) in [5, 5.41) is 30.0. The molecule has 2 heterocycles. The molecule has 1 saturated heterocycles. The third kappa shape index (κ3) is 5.32. The van der Waals surface area contributed by atoms with Gasteiger partial charge in [0, 0.05) is 5.56 Å². The number of carboxylic acids is 1. The van der Waals surface area contributed by atoms with Gasteiger partial charge in [0.1, 0.15) is 12.2 Å². The van der Waals surface area contributed by atoms with Gasteiger partial charge in [0.2, 0.25) is 6.79 Å². The first-order chi connectivity index (χ1) is 15.0. The minimum absolute atomic E-state index is 0.0396. The van der Waals surface area contributed by atoms with Crippen LogP contribution in [0.1, 0.15) is 55.6 Å². The second-order valence-electron chi connectivity index (χ2n) is 8.77. The Morgan fingerprint density at radius 2 is 1.94 bits per heavy atom. The topological polar surface area (TPSA) is 115 Å². The summed E-state index contributed by atoms with van der Waals surface area (Å²) in [6.07, 6.45) is 4.71. The average Bonchev–Trinajstić information content (AvgIpc) is 3.28. The van der Waals surface area contributed by atoms with Crippen LogP contribution >= 0.6 is 0 Å². The molecule has 32 heavy (non-hydrogen) atoms. The molecule has 0 radical (unpaired) electrons. The predicted octanol–water partition coefficient (Wildman–Crippen LogP) is 3.28. The van der Waals surface area contributed by atoms with Crippen LogP contribution in [0.25, 0.3) is 6.08 Å². The summed E-state index contributed by atoms with van der Waals surface area (Å²) in [6, 6.07) is 1.66. The SMILES string of the molecule is Cc1cc2c(c(/C=C/C[C@H]3OC(C)(C)O[C@@H]3C(O)/C=C\[C@H](C)[C@H](C)O)c1C(=O)O)OCO2. The molecule has 3 N–H and O–H groups in total.